The minimum atomic E-state index is -4.50. The van der Waals surface area contributed by atoms with Gasteiger partial charge in [-0.3, -0.25) is 0 Å². The van der Waals surface area contributed by atoms with Gasteiger partial charge in [0.05, 0.1) is 4.90 Å². The molecule has 0 bridgehead atoms. The number of rotatable bonds is 27. The van der Waals surface area contributed by atoms with E-state index in [0.29, 0.717) is 5.39 Å². The summed E-state index contributed by atoms with van der Waals surface area (Å²) < 4.78 is 35.9. The standard InChI is InChI=1S/C38H64O3S.K/c1-3-5-7-9-11-13-15-17-19-21-23-25-28-34-32-33-37-36(30-27-31-38(37)42(39,40)41)35(34)29-26-24-22-20-18-16-14-12-10-8-6-4-2;/h27,30-33H,3-26,28-29H2,1-2H3,(H,39,40,41);/q;+1/p-1. The van der Waals surface area contributed by atoms with Gasteiger partial charge in [0, 0.05) is 0 Å². The maximum Gasteiger partial charge on any atom is 1.00 e. The normalized spacial score (nSPS) is 11.7. The smallest absolute Gasteiger partial charge is 0.744 e. The minimum Gasteiger partial charge on any atom is -0.744 e. The topological polar surface area (TPSA) is 57.2 Å². The molecule has 0 radical (unpaired) electrons. The number of fused-ring (bicyclic) bond motifs is 1. The van der Waals surface area contributed by atoms with Crippen LogP contribution >= 0.6 is 0 Å². The first-order valence-corrected chi connectivity index (χ1v) is 19.4. The van der Waals surface area contributed by atoms with Gasteiger partial charge in [-0.05, 0) is 53.6 Å². The van der Waals surface area contributed by atoms with Gasteiger partial charge in [0.1, 0.15) is 10.1 Å². The van der Waals surface area contributed by atoms with Crippen LogP contribution in [-0.2, 0) is 23.0 Å². The molecule has 0 fully saturated rings. The molecule has 0 aliphatic heterocycles. The van der Waals surface area contributed by atoms with Crippen LogP contribution in [0.15, 0.2) is 35.2 Å². The van der Waals surface area contributed by atoms with Crippen molar-refractivity contribution in [1.29, 1.82) is 0 Å². The second-order valence-electron chi connectivity index (χ2n) is 12.8. The van der Waals surface area contributed by atoms with Crippen LogP contribution in [-0.4, -0.2) is 13.0 Å². The molecule has 2 rings (SSSR count). The Morgan fingerprint density at radius 1 is 0.488 bits per heavy atom. The van der Waals surface area contributed by atoms with Crippen LogP contribution in [0, 0.1) is 0 Å². The molecular weight excluding hydrogens is 576 g/mol. The number of unbranched alkanes of at least 4 members (excludes halogenated alkanes) is 22. The molecule has 0 unspecified atom stereocenters. The molecule has 0 heterocycles. The first kappa shape index (κ1) is 41.3. The first-order valence-electron chi connectivity index (χ1n) is 18.0. The van der Waals surface area contributed by atoms with E-state index >= 15 is 0 Å². The Hall–Kier alpha value is 0.246. The Labute approximate surface area is 309 Å². The monoisotopic (exact) mass is 638 g/mol. The molecule has 5 heteroatoms. The molecule has 0 saturated carbocycles. The largest absolute Gasteiger partial charge is 1.00 e. The van der Waals surface area contributed by atoms with Crippen molar-refractivity contribution in [3.63, 3.8) is 0 Å². The van der Waals surface area contributed by atoms with Crippen LogP contribution < -0.4 is 51.4 Å². The van der Waals surface area contributed by atoms with Gasteiger partial charge < -0.3 is 4.55 Å². The second kappa shape index (κ2) is 26.3. The van der Waals surface area contributed by atoms with Crippen molar-refractivity contribution < 1.29 is 64.4 Å². The van der Waals surface area contributed by atoms with E-state index in [1.54, 1.807) is 6.07 Å². The first-order chi connectivity index (χ1) is 20.5. The van der Waals surface area contributed by atoms with E-state index in [-0.39, 0.29) is 56.3 Å². The molecule has 0 amide bonds. The van der Waals surface area contributed by atoms with Crippen LogP contribution in [0.25, 0.3) is 10.8 Å². The molecule has 3 nitrogen and oxygen atoms in total. The number of benzene rings is 2. The fourth-order valence-corrected chi connectivity index (χ4v) is 7.18. The Morgan fingerprint density at radius 2 is 0.884 bits per heavy atom. The summed E-state index contributed by atoms with van der Waals surface area (Å²) in [6.07, 6.45) is 34.0. The molecule has 43 heavy (non-hydrogen) atoms. The van der Waals surface area contributed by atoms with E-state index in [0.717, 1.165) is 24.6 Å². The molecule has 0 aliphatic rings. The van der Waals surface area contributed by atoms with Crippen molar-refractivity contribution in [1.82, 2.24) is 0 Å². The van der Waals surface area contributed by atoms with Crippen LogP contribution in [0.1, 0.15) is 179 Å². The predicted octanol–water partition coefficient (Wildman–Crippen LogP) is 9.24. The summed E-state index contributed by atoms with van der Waals surface area (Å²) in [6, 6.07) is 9.20. The quantitative estimate of drug-likeness (QED) is 0.0557. The van der Waals surface area contributed by atoms with Crippen LogP contribution in [0.2, 0.25) is 0 Å². The number of hydrogen-bond acceptors (Lipinski definition) is 3. The zero-order valence-corrected chi connectivity index (χ0v) is 32.3. The average molecular weight is 639 g/mol. The fourth-order valence-electron chi connectivity index (χ4n) is 6.48. The zero-order valence-electron chi connectivity index (χ0n) is 28.4. The summed E-state index contributed by atoms with van der Waals surface area (Å²) >= 11 is 0. The van der Waals surface area contributed by atoms with Crippen molar-refractivity contribution in [3.8, 4) is 0 Å². The Balaban J connectivity index is 0.00000924. The van der Waals surface area contributed by atoms with Gasteiger partial charge >= 0.3 is 51.4 Å². The SMILES string of the molecule is CCCCCCCCCCCCCCc1ccc2c(S(=O)(=O)[O-])cccc2c1CCCCCCCCCCCCCC.[K+]. The molecular formula is C38H63KO3S. The van der Waals surface area contributed by atoms with Crippen LogP contribution in [0.5, 0.6) is 0 Å². The van der Waals surface area contributed by atoms with Gasteiger partial charge in [-0.2, -0.15) is 0 Å². The molecule has 2 aromatic carbocycles. The maximum atomic E-state index is 12.0. The van der Waals surface area contributed by atoms with E-state index in [1.807, 2.05) is 12.1 Å². The van der Waals surface area contributed by atoms with Gasteiger partial charge in [-0.1, -0.05) is 179 Å². The van der Waals surface area contributed by atoms with E-state index in [2.05, 4.69) is 19.9 Å². The Kier molecular flexibility index (Phi) is 25.3. The molecule has 0 N–H and O–H groups in total. The van der Waals surface area contributed by atoms with Gasteiger partial charge in [0.15, 0.2) is 0 Å². The molecule has 0 aromatic heterocycles. The predicted molar refractivity (Wildman–Crippen MR) is 181 cm³/mol. The van der Waals surface area contributed by atoms with Gasteiger partial charge in [-0.15, -0.1) is 0 Å². The Bertz CT molecular complexity index is 1070. The number of aryl methyl sites for hydroxylation is 2. The molecule has 0 aliphatic carbocycles. The van der Waals surface area contributed by atoms with Crippen molar-refractivity contribution in [2.24, 2.45) is 0 Å². The molecule has 240 valence electrons. The molecule has 0 saturated heterocycles. The third kappa shape index (κ3) is 18.2. The summed E-state index contributed by atoms with van der Waals surface area (Å²) in [6.45, 7) is 4.55. The van der Waals surface area contributed by atoms with E-state index in [4.69, 9.17) is 0 Å². The third-order valence-corrected chi connectivity index (χ3v) is 9.97. The fraction of sp³-hybridized carbons (Fsp3) is 0.737. The Morgan fingerprint density at radius 3 is 1.30 bits per heavy atom. The third-order valence-electron chi connectivity index (χ3n) is 9.08. The number of hydrogen-bond donors (Lipinski definition) is 0. The summed E-state index contributed by atoms with van der Waals surface area (Å²) in [4.78, 5) is -0.0761. The van der Waals surface area contributed by atoms with Crippen molar-refractivity contribution in [2.45, 2.75) is 186 Å². The second-order valence-corrected chi connectivity index (χ2v) is 14.1. The minimum absolute atomic E-state index is 0. The van der Waals surface area contributed by atoms with E-state index in [9.17, 15) is 13.0 Å². The molecule has 0 spiro atoms. The average Bonchev–Trinajstić information content (AvgIpc) is 2.98. The van der Waals surface area contributed by atoms with Crippen molar-refractivity contribution >= 4 is 20.9 Å². The van der Waals surface area contributed by atoms with E-state index < -0.39 is 10.1 Å². The zero-order chi connectivity index (χ0) is 30.3. The van der Waals surface area contributed by atoms with Gasteiger partial charge in [0.2, 0.25) is 0 Å². The van der Waals surface area contributed by atoms with Crippen molar-refractivity contribution in [3.05, 3.63) is 41.5 Å². The summed E-state index contributed by atoms with van der Waals surface area (Å²) in [7, 11) is -4.50. The van der Waals surface area contributed by atoms with Crippen molar-refractivity contribution in [2.75, 3.05) is 0 Å². The molecule has 2 aromatic rings. The summed E-state index contributed by atoms with van der Waals surface area (Å²) in [5, 5.41) is 1.56. The maximum absolute atomic E-state index is 12.0. The van der Waals surface area contributed by atoms with E-state index in [1.165, 1.54) is 165 Å². The van der Waals surface area contributed by atoms with Gasteiger partial charge in [-0.25, -0.2) is 8.42 Å². The summed E-state index contributed by atoms with van der Waals surface area (Å²) in [5.41, 5.74) is 2.62. The van der Waals surface area contributed by atoms with Gasteiger partial charge in [0.25, 0.3) is 0 Å². The summed E-state index contributed by atoms with van der Waals surface area (Å²) in [5.74, 6) is 0. The molecule has 0 atom stereocenters. The van der Waals surface area contributed by atoms with Crippen LogP contribution in [0.4, 0.5) is 0 Å². The van der Waals surface area contributed by atoms with Crippen LogP contribution in [0.3, 0.4) is 0 Å².